The van der Waals surface area contributed by atoms with Crippen molar-refractivity contribution in [2.75, 3.05) is 0 Å². The largest absolute Gasteiger partial charge is 0.451 e. The summed E-state index contributed by atoms with van der Waals surface area (Å²) < 4.78 is 5.08. The normalized spacial score (nSPS) is 10.6. The first-order valence-corrected chi connectivity index (χ1v) is 6.16. The molecule has 0 amide bonds. The molecule has 0 aliphatic carbocycles. The zero-order valence-corrected chi connectivity index (χ0v) is 10.4. The summed E-state index contributed by atoms with van der Waals surface area (Å²) in [4.78, 5) is 4.23. The summed E-state index contributed by atoms with van der Waals surface area (Å²) in [6.45, 7) is 0.517. The van der Waals surface area contributed by atoms with Gasteiger partial charge in [-0.2, -0.15) is 0 Å². The molecule has 1 aromatic heterocycles. The van der Waals surface area contributed by atoms with Gasteiger partial charge < -0.3 is 10.2 Å². The molecule has 0 bridgehead atoms. The molecule has 94 valence electrons. The number of hydrogen-bond donors (Lipinski definition) is 1. The molecule has 0 unspecified atom stereocenters. The number of oxazole rings is 1. The summed E-state index contributed by atoms with van der Waals surface area (Å²) in [5.41, 5.74) is 11.1. The average molecular weight is 250 g/mol. The van der Waals surface area contributed by atoms with Gasteiger partial charge in [0, 0.05) is 12.1 Å². The molecule has 0 atom stereocenters. The van der Waals surface area contributed by atoms with Crippen LogP contribution in [0.3, 0.4) is 0 Å². The third-order valence-corrected chi connectivity index (χ3v) is 3.16. The van der Waals surface area contributed by atoms with Crippen molar-refractivity contribution in [1.82, 2.24) is 4.98 Å². The first-order chi connectivity index (χ1) is 9.40. The van der Waals surface area contributed by atoms with Crippen LogP contribution in [0.4, 0.5) is 0 Å². The molecular formula is C16H14N2O. The summed E-state index contributed by atoms with van der Waals surface area (Å²) in [6, 6.07) is 16.3. The van der Waals surface area contributed by atoms with Gasteiger partial charge in [0.25, 0.3) is 0 Å². The molecule has 0 saturated heterocycles. The first-order valence-electron chi connectivity index (χ1n) is 6.16. The first kappa shape index (κ1) is 11.7. The summed E-state index contributed by atoms with van der Waals surface area (Å²) in [5.74, 6) is 0. The van der Waals surface area contributed by atoms with Gasteiger partial charge in [0.2, 0.25) is 0 Å². The monoisotopic (exact) mass is 250 g/mol. The Kier molecular flexibility index (Phi) is 3.12. The zero-order valence-electron chi connectivity index (χ0n) is 10.4. The van der Waals surface area contributed by atoms with E-state index < -0.39 is 0 Å². The maximum Gasteiger partial charge on any atom is 0.181 e. The standard InChI is InChI=1S/C16H14N2O/c17-9-12-5-1-2-6-13(12)14-7-3-4-8-15(14)16-10-19-11-18-16/h1-8,10-11H,9,17H2. The predicted molar refractivity (Wildman–Crippen MR) is 75.3 cm³/mol. The highest BCUT2D eigenvalue weighted by molar-refractivity contribution is 5.83. The molecule has 3 aromatic rings. The van der Waals surface area contributed by atoms with E-state index in [0.29, 0.717) is 6.54 Å². The highest BCUT2D eigenvalue weighted by Crippen LogP contribution is 2.32. The van der Waals surface area contributed by atoms with Crippen molar-refractivity contribution in [3.63, 3.8) is 0 Å². The van der Waals surface area contributed by atoms with Crippen LogP contribution in [0.5, 0.6) is 0 Å². The number of rotatable bonds is 3. The average Bonchev–Trinajstić information content (AvgIpc) is 3.01. The van der Waals surface area contributed by atoms with E-state index in [1.807, 2.05) is 30.3 Å². The lowest BCUT2D eigenvalue weighted by Gasteiger charge is -2.11. The lowest BCUT2D eigenvalue weighted by atomic mass is 9.94. The molecule has 0 radical (unpaired) electrons. The van der Waals surface area contributed by atoms with Crippen molar-refractivity contribution < 1.29 is 4.42 Å². The highest BCUT2D eigenvalue weighted by Gasteiger charge is 2.11. The number of hydrogen-bond acceptors (Lipinski definition) is 3. The molecular weight excluding hydrogens is 236 g/mol. The van der Waals surface area contributed by atoms with Crippen LogP contribution in [0.25, 0.3) is 22.4 Å². The maximum absolute atomic E-state index is 5.82. The van der Waals surface area contributed by atoms with Crippen LogP contribution < -0.4 is 5.73 Å². The van der Waals surface area contributed by atoms with Crippen LogP contribution in [0.15, 0.2) is 65.6 Å². The molecule has 0 aliphatic heterocycles. The minimum atomic E-state index is 0.517. The lowest BCUT2D eigenvalue weighted by molar-refractivity contribution is 0.558. The molecule has 2 aromatic carbocycles. The van der Waals surface area contributed by atoms with Gasteiger partial charge in [-0.05, 0) is 16.7 Å². The Hall–Kier alpha value is -2.39. The van der Waals surface area contributed by atoms with Gasteiger partial charge in [0.05, 0.1) is 0 Å². The van der Waals surface area contributed by atoms with Crippen molar-refractivity contribution >= 4 is 0 Å². The second-order valence-electron chi connectivity index (χ2n) is 4.28. The van der Waals surface area contributed by atoms with Crippen LogP contribution in [0.1, 0.15) is 5.56 Å². The van der Waals surface area contributed by atoms with E-state index in [-0.39, 0.29) is 0 Å². The Labute approximate surface area is 111 Å². The molecule has 3 heteroatoms. The molecule has 1 heterocycles. The Morgan fingerprint density at radius 2 is 1.58 bits per heavy atom. The number of nitrogens with two attached hydrogens (primary N) is 1. The van der Waals surface area contributed by atoms with Crippen molar-refractivity contribution in [1.29, 1.82) is 0 Å². The summed E-state index contributed by atoms with van der Waals surface area (Å²) in [6.07, 6.45) is 3.10. The van der Waals surface area contributed by atoms with E-state index in [2.05, 4.69) is 23.2 Å². The van der Waals surface area contributed by atoms with Crippen LogP contribution in [0.2, 0.25) is 0 Å². The number of aromatic nitrogens is 1. The van der Waals surface area contributed by atoms with E-state index in [1.165, 1.54) is 6.39 Å². The second-order valence-corrected chi connectivity index (χ2v) is 4.28. The van der Waals surface area contributed by atoms with Crippen molar-refractivity contribution in [3.8, 4) is 22.4 Å². The SMILES string of the molecule is NCc1ccccc1-c1ccccc1-c1cocn1. The number of benzene rings is 2. The van der Waals surface area contributed by atoms with Crippen molar-refractivity contribution in [3.05, 3.63) is 66.8 Å². The summed E-state index contributed by atoms with van der Waals surface area (Å²) in [5, 5.41) is 0. The molecule has 0 spiro atoms. The minimum absolute atomic E-state index is 0.517. The van der Waals surface area contributed by atoms with Gasteiger partial charge in [0.1, 0.15) is 12.0 Å². The Bertz CT molecular complexity index is 675. The van der Waals surface area contributed by atoms with Gasteiger partial charge in [-0.3, -0.25) is 0 Å². The van der Waals surface area contributed by atoms with Gasteiger partial charge in [0.15, 0.2) is 6.39 Å². The quantitative estimate of drug-likeness (QED) is 0.774. The molecule has 0 aliphatic rings. The number of nitrogens with zero attached hydrogens (tertiary/aromatic N) is 1. The summed E-state index contributed by atoms with van der Waals surface area (Å²) in [7, 11) is 0. The van der Waals surface area contributed by atoms with E-state index in [9.17, 15) is 0 Å². The highest BCUT2D eigenvalue weighted by atomic mass is 16.3. The molecule has 0 fully saturated rings. The van der Waals surface area contributed by atoms with E-state index in [4.69, 9.17) is 10.2 Å². The fourth-order valence-electron chi connectivity index (χ4n) is 2.25. The molecule has 3 rings (SSSR count). The van der Waals surface area contributed by atoms with Gasteiger partial charge in [-0.15, -0.1) is 0 Å². The maximum atomic E-state index is 5.82. The zero-order chi connectivity index (χ0) is 13.1. The molecule has 0 saturated carbocycles. The fraction of sp³-hybridized carbons (Fsp3) is 0.0625. The fourth-order valence-corrected chi connectivity index (χ4v) is 2.25. The van der Waals surface area contributed by atoms with Gasteiger partial charge in [-0.25, -0.2) is 4.98 Å². The smallest absolute Gasteiger partial charge is 0.181 e. The third-order valence-electron chi connectivity index (χ3n) is 3.16. The Morgan fingerprint density at radius 3 is 2.26 bits per heavy atom. The van der Waals surface area contributed by atoms with Crippen LogP contribution in [-0.2, 0) is 6.54 Å². The van der Waals surface area contributed by atoms with E-state index in [0.717, 1.165) is 27.9 Å². The van der Waals surface area contributed by atoms with Crippen LogP contribution in [-0.4, -0.2) is 4.98 Å². The third kappa shape index (κ3) is 2.16. The van der Waals surface area contributed by atoms with Gasteiger partial charge in [-0.1, -0.05) is 48.5 Å². The second kappa shape index (κ2) is 5.08. The van der Waals surface area contributed by atoms with Crippen LogP contribution in [0, 0.1) is 0 Å². The molecule has 2 N–H and O–H groups in total. The topological polar surface area (TPSA) is 52.0 Å². The predicted octanol–water partition coefficient (Wildman–Crippen LogP) is 3.47. The van der Waals surface area contributed by atoms with Crippen LogP contribution >= 0.6 is 0 Å². The molecule has 19 heavy (non-hydrogen) atoms. The van der Waals surface area contributed by atoms with E-state index in [1.54, 1.807) is 6.26 Å². The summed E-state index contributed by atoms with van der Waals surface area (Å²) >= 11 is 0. The lowest BCUT2D eigenvalue weighted by Crippen LogP contribution is -1.99. The molecule has 3 nitrogen and oxygen atoms in total. The van der Waals surface area contributed by atoms with Crippen molar-refractivity contribution in [2.24, 2.45) is 5.73 Å². The Balaban J connectivity index is 2.21. The van der Waals surface area contributed by atoms with E-state index >= 15 is 0 Å². The van der Waals surface area contributed by atoms with Crippen molar-refractivity contribution in [2.45, 2.75) is 6.54 Å². The Morgan fingerprint density at radius 1 is 0.895 bits per heavy atom. The minimum Gasteiger partial charge on any atom is -0.451 e. The van der Waals surface area contributed by atoms with Gasteiger partial charge >= 0.3 is 0 Å².